The Kier molecular flexibility index (Phi) is 4.74. The van der Waals surface area contributed by atoms with Gasteiger partial charge < -0.3 is 9.40 Å². The third kappa shape index (κ3) is 3.70. The van der Waals surface area contributed by atoms with Crippen molar-refractivity contribution in [3.8, 4) is 22.0 Å². The highest BCUT2D eigenvalue weighted by atomic mass is 79.9. The molecule has 0 aliphatic carbocycles. The number of aromatic nitrogens is 4. The lowest BCUT2D eigenvalue weighted by atomic mass is 10.2. The summed E-state index contributed by atoms with van der Waals surface area (Å²) in [7, 11) is 0. The van der Waals surface area contributed by atoms with Crippen LogP contribution < -0.4 is 0 Å². The highest BCUT2D eigenvalue weighted by Gasteiger charge is 2.18. The molecule has 3 heterocycles. The maximum absolute atomic E-state index is 5.79. The smallest absolute Gasteiger partial charge is 0.257 e. The van der Waals surface area contributed by atoms with Crippen molar-refractivity contribution in [2.45, 2.75) is 17.3 Å². The third-order valence-electron chi connectivity index (χ3n) is 3.52. The molecule has 8 heteroatoms. The Bertz CT molecular complexity index is 963. The first-order valence-corrected chi connectivity index (χ1v) is 10.1. The maximum atomic E-state index is 5.79. The second-order valence-corrected chi connectivity index (χ2v) is 8.48. The van der Waals surface area contributed by atoms with E-state index in [1.54, 1.807) is 23.1 Å². The van der Waals surface area contributed by atoms with E-state index < -0.39 is 0 Å². The fourth-order valence-corrected chi connectivity index (χ4v) is 3.98. The van der Waals surface area contributed by atoms with Crippen molar-refractivity contribution in [3.63, 3.8) is 0 Å². The molecule has 0 aliphatic rings. The second kappa shape index (κ2) is 7.15. The molecule has 25 heavy (non-hydrogen) atoms. The van der Waals surface area contributed by atoms with Gasteiger partial charge in [0.05, 0.1) is 22.0 Å². The molecular formula is C17H13BrN4OS2. The van der Waals surface area contributed by atoms with Crippen LogP contribution in [-0.4, -0.2) is 20.2 Å². The van der Waals surface area contributed by atoms with Crippen molar-refractivity contribution in [2.24, 2.45) is 0 Å². The third-order valence-corrected chi connectivity index (χ3v) is 5.89. The van der Waals surface area contributed by atoms with Crippen LogP contribution in [0.5, 0.6) is 0 Å². The van der Waals surface area contributed by atoms with E-state index in [-0.39, 0.29) is 5.25 Å². The van der Waals surface area contributed by atoms with E-state index in [0.717, 1.165) is 25.8 Å². The van der Waals surface area contributed by atoms with Crippen LogP contribution in [0.1, 0.15) is 18.1 Å². The molecule has 0 radical (unpaired) electrons. The fourth-order valence-electron chi connectivity index (χ4n) is 2.26. The lowest BCUT2D eigenvalue weighted by Crippen LogP contribution is -1.89. The number of H-pyrrole nitrogens is 1. The summed E-state index contributed by atoms with van der Waals surface area (Å²) >= 11 is 6.58. The molecular weight excluding hydrogens is 420 g/mol. The largest absolute Gasteiger partial charge is 0.419 e. The van der Waals surface area contributed by atoms with E-state index in [4.69, 9.17) is 4.42 Å². The van der Waals surface area contributed by atoms with Gasteiger partial charge in [-0.25, -0.2) is 4.98 Å². The first-order chi connectivity index (χ1) is 12.2. The minimum atomic E-state index is 0.00475. The zero-order chi connectivity index (χ0) is 17.2. The van der Waals surface area contributed by atoms with Crippen LogP contribution in [0.25, 0.3) is 22.0 Å². The molecule has 126 valence electrons. The Morgan fingerprint density at radius 3 is 2.80 bits per heavy atom. The van der Waals surface area contributed by atoms with Crippen molar-refractivity contribution >= 4 is 39.0 Å². The van der Waals surface area contributed by atoms with Crippen molar-refractivity contribution in [1.29, 1.82) is 0 Å². The van der Waals surface area contributed by atoms with E-state index in [2.05, 4.69) is 36.1 Å². The number of halogens is 1. The molecule has 0 bridgehead atoms. The van der Waals surface area contributed by atoms with Gasteiger partial charge in [0.25, 0.3) is 5.89 Å². The molecule has 4 aromatic rings. The number of thioether (sulfide) groups is 1. The number of benzene rings is 1. The summed E-state index contributed by atoms with van der Waals surface area (Å²) in [5.74, 6) is 1.16. The van der Waals surface area contributed by atoms with Gasteiger partial charge in [-0.05, 0) is 36.1 Å². The summed E-state index contributed by atoms with van der Waals surface area (Å²) in [5.41, 5.74) is 2.07. The van der Waals surface area contributed by atoms with Crippen molar-refractivity contribution in [3.05, 3.63) is 58.3 Å². The number of rotatable bonds is 5. The number of hydrogen-bond donors (Lipinski definition) is 1. The number of hydrogen-bond acceptors (Lipinski definition) is 6. The lowest BCUT2D eigenvalue weighted by Gasteiger charge is -2.03. The first kappa shape index (κ1) is 16.6. The van der Waals surface area contributed by atoms with Gasteiger partial charge in [-0.3, -0.25) is 0 Å². The van der Waals surface area contributed by atoms with Gasteiger partial charge in [-0.15, -0.1) is 21.5 Å². The molecule has 4 rings (SSSR count). The van der Waals surface area contributed by atoms with Gasteiger partial charge in [-0.2, -0.15) is 0 Å². The average Bonchev–Trinajstić information content (AvgIpc) is 3.36. The molecule has 0 saturated heterocycles. The Morgan fingerprint density at radius 1 is 1.20 bits per heavy atom. The lowest BCUT2D eigenvalue weighted by molar-refractivity contribution is 0.510. The zero-order valence-electron chi connectivity index (χ0n) is 13.1. The van der Waals surface area contributed by atoms with E-state index >= 15 is 0 Å². The quantitative estimate of drug-likeness (QED) is 0.403. The van der Waals surface area contributed by atoms with Gasteiger partial charge in [0.15, 0.2) is 5.16 Å². The van der Waals surface area contributed by atoms with Crippen LogP contribution in [0, 0.1) is 0 Å². The standard InChI is InChI=1S/C17H13BrN4OS2/c1-10(15-21-22-16(23-15)14-3-2-8-24-14)25-17-19-9-13(20-17)11-4-6-12(18)7-5-11/h2-10H,1H3,(H,19,20). The molecule has 1 unspecified atom stereocenters. The molecule has 5 nitrogen and oxygen atoms in total. The van der Waals surface area contributed by atoms with Gasteiger partial charge >= 0.3 is 0 Å². The number of thiophene rings is 1. The summed E-state index contributed by atoms with van der Waals surface area (Å²) in [4.78, 5) is 8.76. The van der Waals surface area contributed by atoms with Gasteiger partial charge in [0.1, 0.15) is 0 Å². The summed E-state index contributed by atoms with van der Waals surface area (Å²) < 4.78 is 6.84. The topological polar surface area (TPSA) is 67.6 Å². The normalized spacial score (nSPS) is 12.4. The average molecular weight is 433 g/mol. The molecule has 0 aliphatic heterocycles. The molecule has 1 aromatic carbocycles. The Labute approximate surface area is 161 Å². The van der Waals surface area contributed by atoms with Crippen LogP contribution in [0.4, 0.5) is 0 Å². The molecule has 3 aromatic heterocycles. The molecule has 0 spiro atoms. The fraction of sp³-hybridized carbons (Fsp3) is 0.118. The minimum absolute atomic E-state index is 0.00475. The molecule has 1 atom stereocenters. The number of nitrogens with one attached hydrogen (secondary N) is 1. The van der Waals surface area contributed by atoms with Crippen LogP contribution in [0.15, 0.2) is 62.0 Å². The SMILES string of the molecule is CC(Sc1ncc(-c2ccc(Br)cc2)[nH]1)c1nnc(-c2cccs2)o1. The second-order valence-electron chi connectivity index (χ2n) is 5.29. The van der Waals surface area contributed by atoms with Gasteiger partial charge in [-0.1, -0.05) is 45.9 Å². The summed E-state index contributed by atoms with van der Waals surface area (Å²) in [6.45, 7) is 2.03. The van der Waals surface area contributed by atoms with Crippen molar-refractivity contribution in [2.75, 3.05) is 0 Å². The molecule has 0 amide bonds. The monoisotopic (exact) mass is 432 g/mol. The van der Waals surface area contributed by atoms with Gasteiger partial charge in [0.2, 0.25) is 5.89 Å². The summed E-state index contributed by atoms with van der Waals surface area (Å²) in [6, 6.07) is 12.0. The van der Waals surface area contributed by atoms with E-state index in [0.29, 0.717) is 11.8 Å². The van der Waals surface area contributed by atoms with Crippen molar-refractivity contribution in [1.82, 2.24) is 20.2 Å². The zero-order valence-corrected chi connectivity index (χ0v) is 16.4. The van der Waals surface area contributed by atoms with E-state index in [1.165, 1.54) is 0 Å². The Hall–Kier alpha value is -1.90. The predicted octanol–water partition coefficient (Wildman–Crippen LogP) is 5.80. The first-order valence-electron chi connectivity index (χ1n) is 7.54. The van der Waals surface area contributed by atoms with Crippen molar-refractivity contribution < 1.29 is 4.42 Å². The van der Waals surface area contributed by atoms with Crippen LogP contribution >= 0.6 is 39.0 Å². The van der Waals surface area contributed by atoms with Gasteiger partial charge in [0, 0.05) is 4.47 Å². The molecule has 0 fully saturated rings. The number of nitrogens with zero attached hydrogens (tertiary/aromatic N) is 3. The van der Waals surface area contributed by atoms with Crippen LogP contribution in [0.2, 0.25) is 0 Å². The highest BCUT2D eigenvalue weighted by Crippen LogP contribution is 2.35. The maximum Gasteiger partial charge on any atom is 0.257 e. The van der Waals surface area contributed by atoms with Crippen LogP contribution in [0.3, 0.4) is 0 Å². The van der Waals surface area contributed by atoms with E-state index in [9.17, 15) is 0 Å². The summed E-state index contributed by atoms with van der Waals surface area (Å²) in [5, 5.41) is 11.1. The minimum Gasteiger partial charge on any atom is -0.419 e. The Morgan fingerprint density at radius 2 is 2.04 bits per heavy atom. The number of imidazole rings is 1. The summed E-state index contributed by atoms with van der Waals surface area (Å²) in [6.07, 6.45) is 1.84. The molecule has 1 N–H and O–H groups in total. The Balaban J connectivity index is 1.48. The van der Waals surface area contributed by atoms with Crippen LogP contribution in [-0.2, 0) is 0 Å². The number of aromatic amines is 1. The predicted molar refractivity (Wildman–Crippen MR) is 104 cm³/mol. The van der Waals surface area contributed by atoms with E-state index in [1.807, 2.05) is 54.9 Å². The highest BCUT2D eigenvalue weighted by molar-refractivity contribution is 9.10. The molecule has 0 saturated carbocycles.